The molecule has 2 rings (SSSR count). The van der Waals surface area contributed by atoms with Gasteiger partial charge in [0.1, 0.15) is 10.5 Å². The molecule has 0 amide bonds. The summed E-state index contributed by atoms with van der Waals surface area (Å²) in [5.41, 5.74) is 2.23. The summed E-state index contributed by atoms with van der Waals surface area (Å²) in [5, 5.41) is 5.72. The van der Waals surface area contributed by atoms with Gasteiger partial charge in [-0.1, -0.05) is 42.5 Å². The van der Waals surface area contributed by atoms with Crippen molar-refractivity contribution in [3.63, 3.8) is 0 Å². The van der Waals surface area contributed by atoms with Gasteiger partial charge in [-0.05, 0) is 44.0 Å². The van der Waals surface area contributed by atoms with Crippen LogP contribution in [0.25, 0.3) is 0 Å². The lowest BCUT2D eigenvalue weighted by Crippen LogP contribution is -2.40. The van der Waals surface area contributed by atoms with E-state index in [9.17, 15) is 4.55 Å². The number of nitrogens with two attached hydrogens (primary N) is 1. The molecule has 0 saturated heterocycles. The molecule has 0 aliphatic rings. The molecule has 3 atom stereocenters. The van der Waals surface area contributed by atoms with Crippen LogP contribution in [0.2, 0.25) is 0 Å². The van der Waals surface area contributed by atoms with Gasteiger partial charge in [0, 0.05) is 23.7 Å². The van der Waals surface area contributed by atoms with Crippen LogP contribution in [-0.2, 0) is 22.7 Å². The second kappa shape index (κ2) is 9.42. The standard InChI is InChI=1S/C21H29NO3S/c1-16(25-15-17-9-6-5-7-10-17)20(14-21(2,3)26(22)23)18-11-8-12-19(13-18)24-4/h5-13,16,20H,14-15,22H2,1-4H3/t16-,20+,26?/m0/s1. The molecule has 0 fully saturated rings. The number of hydrogen-bond donors (Lipinski definition) is 1. The summed E-state index contributed by atoms with van der Waals surface area (Å²) >= 11 is -1.42. The van der Waals surface area contributed by atoms with Gasteiger partial charge in [-0.25, -0.2) is 0 Å². The molecule has 2 aromatic rings. The predicted octanol–water partition coefficient (Wildman–Crippen LogP) is 4.18. The molecule has 0 aromatic heterocycles. The van der Waals surface area contributed by atoms with Crippen molar-refractivity contribution in [2.45, 2.75) is 50.6 Å². The Labute approximate surface area is 160 Å². The maximum atomic E-state index is 12.0. The van der Waals surface area contributed by atoms with Gasteiger partial charge in [-0.15, -0.1) is 0 Å². The highest BCUT2D eigenvalue weighted by molar-refractivity contribution is 7.90. The number of ether oxygens (including phenoxy) is 2. The molecular weight excluding hydrogens is 346 g/mol. The van der Waals surface area contributed by atoms with Crippen LogP contribution >= 0.6 is 0 Å². The second-order valence-electron chi connectivity index (χ2n) is 7.15. The summed E-state index contributed by atoms with van der Waals surface area (Å²) in [7, 11) is 1.66. The van der Waals surface area contributed by atoms with Crippen LogP contribution in [0.15, 0.2) is 54.6 Å². The Morgan fingerprint density at radius 3 is 2.42 bits per heavy atom. The van der Waals surface area contributed by atoms with Crippen molar-refractivity contribution in [1.29, 1.82) is 0 Å². The molecule has 0 aliphatic carbocycles. The van der Waals surface area contributed by atoms with E-state index in [1.165, 1.54) is 0 Å². The second-order valence-corrected chi connectivity index (χ2v) is 8.85. The number of hydrogen-bond acceptors (Lipinski definition) is 4. The van der Waals surface area contributed by atoms with E-state index >= 15 is 0 Å². The fraction of sp³-hybridized carbons (Fsp3) is 0.429. The molecule has 5 heteroatoms. The maximum Gasteiger partial charge on any atom is 0.140 e. The lowest BCUT2D eigenvalue weighted by atomic mass is 9.86. The summed E-state index contributed by atoms with van der Waals surface area (Å²) in [5.74, 6) is 0.853. The van der Waals surface area contributed by atoms with Crippen molar-refractivity contribution >= 4 is 11.4 Å². The highest BCUT2D eigenvalue weighted by atomic mass is 32.2. The number of rotatable bonds is 9. The van der Waals surface area contributed by atoms with Crippen LogP contribution in [0, 0.1) is 0 Å². The summed E-state index contributed by atoms with van der Waals surface area (Å²) in [4.78, 5) is 0. The zero-order valence-corrected chi connectivity index (χ0v) is 16.8. The minimum atomic E-state index is -1.42. The third-order valence-electron chi connectivity index (χ3n) is 4.70. The van der Waals surface area contributed by atoms with Crippen LogP contribution in [0.3, 0.4) is 0 Å². The van der Waals surface area contributed by atoms with E-state index in [0.29, 0.717) is 13.0 Å². The first-order valence-corrected chi connectivity index (χ1v) is 10.0. The van der Waals surface area contributed by atoms with Gasteiger partial charge in [0.05, 0.1) is 19.8 Å². The lowest BCUT2D eigenvalue weighted by Gasteiger charge is -2.32. The van der Waals surface area contributed by atoms with E-state index in [4.69, 9.17) is 14.6 Å². The highest BCUT2D eigenvalue weighted by Gasteiger charge is 2.36. The van der Waals surface area contributed by atoms with E-state index in [1.807, 2.05) is 62.4 Å². The first-order valence-electron chi connectivity index (χ1n) is 8.79. The SMILES string of the molecule is COc1cccc([C@H](CC(C)(C)[S+](N)[O-])[C@H](C)OCc2ccccc2)c1. The van der Waals surface area contributed by atoms with Crippen LogP contribution in [0.5, 0.6) is 5.75 Å². The first-order chi connectivity index (χ1) is 12.3. The Balaban J connectivity index is 2.21. The normalized spacial score (nSPS) is 15.3. The summed E-state index contributed by atoms with van der Waals surface area (Å²) in [6, 6.07) is 18.1. The van der Waals surface area contributed by atoms with Crippen LogP contribution < -0.4 is 9.88 Å². The van der Waals surface area contributed by atoms with E-state index < -0.39 is 16.1 Å². The van der Waals surface area contributed by atoms with E-state index in [2.05, 4.69) is 13.0 Å². The van der Waals surface area contributed by atoms with Gasteiger partial charge in [-0.3, -0.25) is 0 Å². The van der Waals surface area contributed by atoms with E-state index in [-0.39, 0.29) is 12.0 Å². The molecule has 4 nitrogen and oxygen atoms in total. The smallest absolute Gasteiger partial charge is 0.140 e. The molecule has 0 saturated carbocycles. The molecule has 142 valence electrons. The molecule has 0 bridgehead atoms. The summed E-state index contributed by atoms with van der Waals surface area (Å²) < 4.78 is 23.0. The van der Waals surface area contributed by atoms with Crippen molar-refractivity contribution in [2.24, 2.45) is 5.14 Å². The average molecular weight is 376 g/mol. The Bertz CT molecular complexity index is 676. The highest BCUT2D eigenvalue weighted by Crippen LogP contribution is 2.35. The van der Waals surface area contributed by atoms with Gasteiger partial charge < -0.3 is 14.0 Å². The van der Waals surface area contributed by atoms with Crippen molar-refractivity contribution in [2.75, 3.05) is 7.11 Å². The monoisotopic (exact) mass is 375 g/mol. The fourth-order valence-corrected chi connectivity index (χ4v) is 3.30. The zero-order valence-electron chi connectivity index (χ0n) is 16.0. The fourth-order valence-electron chi connectivity index (χ4n) is 2.96. The Morgan fingerprint density at radius 1 is 1.12 bits per heavy atom. The van der Waals surface area contributed by atoms with Crippen molar-refractivity contribution in [3.05, 3.63) is 65.7 Å². The molecule has 26 heavy (non-hydrogen) atoms. The molecule has 2 aromatic carbocycles. The third kappa shape index (κ3) is 5.74. The number of methoxy groups -OCH3 is 1. The Hall–Kier alpha value is -1.53. The maximum absolute atomic E-state index is 12.0. The van der Waals surface area contributed by atoms with Gasteiger partial charge >= 0.3 is 0 Å². The molecule has 2 N–H and O–H groups in total. The quantitative estimate of drug-likeness (QED) is 0.668. The molecule has 0 aliphatic heterocycles. The van der Waals surface area contributed by atoms with E-state index in [1.54, 1.807) is 7.11 Å². The first kappa shape index (κ1) is 20.8. The third-order valence-corrected chi connectivity index (χ3v) is 5.96. The molecule has 0 spiro atoms. The molecule has 0 heterocycles. The zero-order chi connectivity index (χ0) is 19.2. The Morgan fingerprint density at radius 2 is 1.81 bits per heavy atom. The van der Waals surface area contributed by atoms with Crippen molar-refractivity contribution in [3.8, 4) is 5.75 Å². The van der Waals surface area contributed by atoms with E-state index in [0.717, 1.165) is 16.9 Å². The minimum absolute atomic E-state index is 0.0521. The minimum Gasteiger partial charge on any atom is -0.598 e. The molecule has 1 unspecified atom stereocenters. The van der Waals surface area contributed by atoms with Gasteiger partial charge in [0.15, 0.2) is 0 Å². The Kier molecular flexibility index (Phi) is 7.53. The molecule has 0 radical (unpaired) electrons. The lowest BCUT2D eigenvalue weighted by molar-refractivity contribution is 0.0305. The van der Waals surface area contributed by atoms with Gasteiger partial charge in [-0.2, -0.15) is 5.14 Å². The topological polar surface area (TPSA) is 67.5 Å². The van der Waals surface area contributed by atoms with Crippen LogP contribution in [0.1, 0.15) is 44.2 Å². The van der Waals surface area contributed by atoms with Crippen molar-refractivity contribution < 1.29 is 14.0 Å². The van der Waals surface area contributed by atoms with Gasteiger partial charge in [0.2, 0.25) is 0 Å². The summed E-state index contributed by atoms with van der Waals surface area (Å²) in [6.07, 6.45) is 0.587. The van der Waals surface area contributed by atoms with Crippen LogP contribution in [-0.4, -0.2) is 22.5 Å². The summed E-state index contributed by atoms with van der Waals surface area (Å²) in [6.45, 7) is 6.46. The van der Waals surface area contributed by atoms with Gasteiger partial charge in [0.25, 0.3) is 0 Å². The van der Waals surface area contributed by atoms with Crippen LogP contribution in [0.4, 0.5) is 0 Å². The number of benzene rings is 2. The predicted molar refractivity (Wildman–Crippen MR) is 107 cm³/mol. The average Bonchev–Trinajstić information content (AvgIpc) is 2.65. The molecular formula is C21H29NO3S. The van der Waals surface area contributed by atoms with Crippen molar-refractivity contribution in [1.82, 2.24) is 0 Å². The largest absolute Gasteiger partial charge is 0.598 e.